The van der Waals surface area contributed by atoms with Crippen LogP contribution in [0.2, 0.25) is 10.0 Å². The maximum atomic E-state index is 13.1. The Hall–Kier alpha value is -1.23. The van der Waals surface area contributed by atoms with E-state index in [1.807, 2.05) is 0 Å². The van der Waals surface area contributed by atoms with Gasteiger partial charge in [-0.25, -0.2) is 8.78 Å². The van der Waals surface area contributed by atoms with Gasteiger partial charge < -0.3 is 5.73 Å². The number of aromatic nitrogens is 1. The van der Waals surface area contributed by atoms with Crippen molar-refractivity contribution in [3.8, 4) is 0 Å². The Kier molecular flexibility index (Phi) is 4.34. The first-order valence-corrected chi connectivity index (χ1v) is 6.23. The van der Waals surface area contributed by atoms with Crippen LogP contribution in [0.25, 0.3) is 0 Å². The van der Waals surface area contributed by atoms with Crippen molar-refractivity contribution < 1.29 is 8.78 Å². The molecule has 1 atom stereocenters. The van der Waals surface area contributed by atoms with E-state index in [1.165, 1.54) is 18.3 Å². The minimum Gasteiger partial charge on any atom is -0.322 e. The van der Waals surface area contributed by atoms with Crippen LogP contribution < -0.4 is 5.73 Å². The highest BCUT2D eigenvalue weighted by atomic mass is 35.5. The van der Waals surface area contributed by atoms with Crippen molar-refractivity contribution in [3.05, 3.63) is 63.4 Å². The second-order valence-corrected chi connectivity index (χ2v) is 4.92. The largest absolute Gasteiger partial charge is 0.322 e. The Balaban J connectivity index is 2.20. The van der Waals surface area contributed by atoms with E-state index in [1.54, 1.807) is 0 Å². The monoisotopic (exact) mass is 302 g/mol. The van der Waals surface area contributed by atoms with Gasteiger partial charge in [0.15, 0.2) is 11.6 Å². The molecule has 1 aromatic heterocycles. The average Bonchev–Trinajstić information content (AvgIpc) is 2.33. The van der Waals surface area contributed by atoms with E-state index in [2.05, 4.69) is 4.98 Å². The van der Waals surface area contributed by atoms with Crippen molar-refractivity contribution in [2.45, 2.75) is 12.5 Å². The highest BCUT2D eigenvalue weighted by Gasteiger charge is 2.14. The first kappa shape index (κ1) is 14.2. The SMILES string of the molecule is NC(Cc1ccc(F)c(F)c1)c1ncc(Cl)cc1Cl. The molecule has 1 heterocycles. The van der Waals surface area contributed by atoms with Crippen LogP contribution >= 0.6 is 23.2 Å². The van der Waals surface area contributed by atoms with Crippen LogP contribution in [0.3, 0.4) is 0 Å². The molecule has 1 unspecified atom stereocenters. The lowest BCUT2D eigenvalue weighted by atomic mass is 10.0. The van der Waals surface area contributed by atoms with Crippen LogP contribution in [0.1, 0.15) is 17.3 Å². The molecule has 0 aliphatic carbocycles. The van der Waals surface area contributed by atoms with Gasteiger partial charge in [-0.15, -0.1) is 0 Å². The zero-order chi connectivity index (χ0) is 14.0. The molecular weight excluding hydrogens is 293 g/mol. The molecule has 19 heavy (non-hydrogen) atoms. The zero-order valence-electron chi connectivity index (χ0n) is 9.71. The van der Waals surface area contributed by atoms with Crippen LogP contribution in [-0.2, 0) is 6.42 Å². The molecule has 2 aromatic rings. The first-order chi connectivity index (χ1) is 8.97. The van der Waals surface area contributed by atoms with Crippen LogP contribution in [0.15, 0.2) is 30.5 Å². The van der Waals surface area contributed by atoms with E-state index < -0.39 is 17.7 Å². The molecule has 0 aliphatic rings. The van der Waals surface area contributed by atoms with Crippen molar-refractivity contribution in [2.24, 2.45) is 5.73 Å². The molecule has 6 heteroatoms. The summed E-state index contributed by atoms with van der Waals surface area (Å²) >= 11 is 11.7. The number of hydrogen-bond donors (Lipinski definition) is 1. The normalized spacial score (nSPS) is 12.5. The Labute approximate surface area is 119 Å². The van der Waals surface area contributed by atoms with E-state index in [4.69, 9.17) is 28.9 Å². The van der Waals surface area contributed by atoms with Gasteiger partial charge in [0, 0.05) is 6.20 Å². The summed E-state index contributed by atoms with van der Waals surface area (Å²) in [5.41, 5.74) is 7.00. The summed E-state index contributed by atoms with van der Waals surface area (Å²) in [6.07, 6.45) is 1.74. The average molecular weight is 303 g/mol. The molecule has 100 valence electrons. The minimum absolute atomic E-state index is 0.297. The molecule has 0 saturated heterocycles. The van der Waals surface area contributed by atoms with Crippen LogP contribution in [0, 0.1) is 11.6 Å². The molecule has 0 fully saturated rings. The van der Waals surface area contributed by atoms with Gasteiger partial charge in [-0.1, -0.05) is 29.3 Å². The van der Waals surface area contributed by atoms with Crippen LogP contribution in [-0.4, -0.2) is 4.98 Å². The highest BCUT2D eigenvalue weighted by Crippen LogP contribution is 2.25. The summed E-state index contributed by atoms with van der Waals surface area (Å²) in [4.78, 5) is 4.06. The van der Waals surface area contributed by atoms with Gasteiger partial charge in [0.05, 0.1) is 21.8 Å². The van der Waals surface area contributed by atoms with Crippen LogP contribution in [0.4, 0.5) is 8.78 Å². The lowest BCUT2D eigenvalue weighted by Crippen LogP contribution is -2.15. The molecule has 2 nitrogen and oxygen atoms in total. The van der Waals surface area contributed by atoms with Gasteiger partial charge in [0.25, 0.3) is 0 Å². The van der Waals surface area contributed by atoms with E-state index in [0.717, 1.165) is 12.1 Å². The van der Waals surface area contributed by atoms with Gasteiger partial charge in [0.2, 0.25) is 0 Å². The molecule has 0 radical (unpaired) electrons. The molecule has 1 aromatic carbocycles. The van der Waals surface area contributed by atoms with Crippen LogP contribution in [0.5, 0.6) is 0 Å². The lowest BCUT2D eigenvalue weighted by molar-refractivity contribution is 0.506. The zero-order valence-corrected chi connectivity index (χ0v) is 11.2. The molecule has 0 spiro atoms. The Morgan fingerprint density at radius 3 is 2.53 bits per heavy atom. The predicted octanol–water partition coefficient (Wildman–Crippen LogP) is 3.91. The van der Waals surface area contributed by atoms with Gasteiger partial charge in [-0.05, 0) is 30.2 Å². The third-order valence-electron chi connectivity index (χ3n) is 2.63. The quantitative estimate of drug-likeness (QED) is 0.933. The van der Waals surface area contributed by atoms with Crippen molar-refractivity contribution in [2.75, 3.05) is 0 Å². The second-order valence-electron chi connectivity index (χ2n) is 4.08. The molecule has 2 N–H and O–H groups in total. The Morgan fingerprint density at radius 1 is 1.16 bits per heavy atom. The molecule has 2 rings (SSSR count). The molecule has 0 amide bonds. The van der Waals surface area contributed by atoms with Gasteiger partial charge in [0.1, 0.15) is 0 Å². The van der Waals surface area contributed by atoms with Crippen molar-refractivity contribution in [1.29, 1.82) is 0 Å². The number of hydrogen-bond acceptors (Lipinski definition) is 2. The van der Waals surface area contributed by atoms with E-state index in [-0.39, 0.29) is 0 Å². The molecular formula is C13H10Cl2F2N2. The standard InChI is InChI=1S/C13H10Cl2F2N2/c14-8-5-9(15)13(19-6-8)12(18)4-7-1-2-10(16)11(17)3-7/h1-3,5-6,12H,4,18H2. The second kappa shape index (κ2) is 5.82. The van der Waals surface area contributed by atoms with Crippen molar-refractivity contribution in [3.63, 3.8) is 0 Å². The van der Waals surface area contributed by atoms with Gasteiger partial charge >= 0.3 is 0 Å². The number of nitrogens with two attached hydrogens (primary N) is 1. The molecule has 0 bridgehead atoms. The van der Waals surface area contributed by atoms with Gasteiger partial charge in [-0.3, -0.25) is 4.98 Å². The number of halogens is 4. The number of pyridine rings is 1. The minimum atomic E-state index is -0.903. The molecule has 0 saturated carbocycles. The fourth-order valence-electron chi connectivity index (χ4n) is 1.72. The van der Waals surface area contributed by atoms with E-state index >= 15 is 0 Å². The van der Waals surface area contributed by atoms with Crippen molar-refractivity contribution in [1.82, 2.24) is 4.98 Å². The predicted molar refractivity (Wildman–Crippen MR) is 71.2 cm³/mol. The fraction of sp³-hybridized carbons (Fsp3) is 0.154. The maximum Gasteiger partial charge on any atom is 0.159 e. The highest BCUT2D eigenvalue weighted by molar-refractivity contribution is 6.34. The summed E-state index contributed by atoms with van der Waals surface area (Å²) in [5.74, 6) is -1.79. The topological polar surface area (TPSA) is 38.9 Å². The first-order valence-electron chi connectivity index (χ1n) is 5.48. The Bertz CT molecular complexity index is 605. The summed E-state index contributed by atoms with van der Waals surface area (Å²) in [6, 6.07) is 4.67. The fourth-order valence-corrected chi connectivity index (χ4v) is 2.24. The third kappa shape index (κ3) is 3.41. The van der Waals surface area contributed by atoms with Gasteiger partial charge in [-0.2, -0.15) is 0 Å². The molecule has 0 aliphatic heterocycles. The summed E-state index contributed by atoms with van der Waals surface area (Å²) in [5, 5.41) is 0.761. The summed E-state index contributed by atoms with van der Waals surface area (Å²) < 4.78 is 25.9. The van der Waals surface area contributed by atoms with Crippen molar-refractivity contribution >= 4 is 23.2 Å². The number of rotatable bonds is 3. The van der Waals surface area contributed by atoms with E-state index in [0.29, 0.717) is 27.7 Å². The maximum absolute atomic E-state index is 13.1. The number of nitrogens with zero attached hydrogens (tertiary/aromatic N) is 1. The lowest BCUT2D eigenvalue weighted by Gasteiger charge is -2.13. The van der Waals surface area contributed by atoms with E-state index in [9.17, 15) is 8.78 Å². The Morgan fingerprint density at radius 2 is 1.89 bits per heavy atom. The number of benzene rings is 1. The summed E-state index contributed by atoms with van der Waals surface area (Å²) in [7, 11) is 0. The third-order valence-corrected chi connectivity index (χ3v) is 3.14. The smallest absolute Gasteiger partial charge is 0.159 e. The summed E-state index contributed by atoms with van der Waals surface area (Å²) in [6.45, 7) is 0.